The summed E-state index contributed by atoms with van der Waals surface area (Å²) in [7, 11) is 0. The van der Waals surface area contributed by atoms with Crippen LogP contribution >= 0.6 is 0 Å². The third-order valence-corrected chi connectivity index (χ3v) is 3.97. The van der Waals surface area contributed by atoms with Gasteiger partial charge in [0.15, 0.2) is 0 Å². The number of hydrogen-bond acceptors (Lipinski definition) is 2. The average molecular weight is 321 g/mol. The summed E-state index contributed by atoms with van der Waals surface area (Å²) in [6.07, 6.45) is 0. The molecule has 0 radical (unpaired) electrons. The van der Waals surface area contributed by atoms with Crippen LogP contribution in [0.2, 0.25) is 0 Å². The first-order valence-electron chi connectivity index (χ1n) is 8.33. The van der Waals surface area contributed by atoms with Crippen LogP contribution in [0.5, 0.6) is 0 Å². The van der Waals surface area contributed by atoms with E-state index in [2.05, 4.69) is 50.4 Å². The van der Waals surface area contributed by atoms with Crippen LogP contribution in [-0.2, 0) is 11.3 Å². The molecule has 0 fully saturated rings. The van der Waals surface area contributed by atoms with Gasteiger partial charge in [-0.3, -0.25) is 4.79 Å². The maximum absolute atomic E-state index is 12.3. The molecular formula is C20H23N3O. The number of hydrogen-bond donors (Lipinski definition) is 1. The molecule has 3 rings (SSSR count). The lowest BCUT2D eigenvalue weighted by Gasteiger charge is -2.11. The van der Waals surface area contributed by atoms with E-state index in [0.717, 1.165) is 22.4 Å². The fourth-order valence-electron chi connectivity index (χ4n) is 2.68. The molecule has 0 saturated heterocycles. The molecule has 0 spiro atoms. The molecule has 0 aliphatic carbocycles. The first-order valence-corrected chi connectivity index (χ1v) is 8.33. The number of rotatable bonds is 5. The molecule has 0 unspecified atom stereocenters. The minimum Gasteiger partial charge on any atom is -0.354 e. The summed E-state index contributed by atoms with van der Waals surface area (Å²) in [5.41, 5.74) is 4.11. The number of aromatic nitrogens is 2. The Hall–Kier alpha value is -2.62. The number of amides is 1. The highest BCUT2D eigenvalue weighted by molar-refractivity contribution is 5.84. The molecule has 1 heterocycles. The van der Waals surface area contributed by atoms with Gasteiger partial charge in [-0.15, -0.1) is 0 Å². The monoisotopic (exact) mass is 321 g/mol. The summed E-state index contributed by atoms with van der Waals surface area (Å²) in [5, 5.41) is 2.99. The van der Waals surface area contributed by atoms with E-state index in [1.807, 2.05) is 28.8 Å². The molecule has 1 N–H and O–H groups in total. The standard InChI is InChI=1S/C20H23N3O/c1-14(2)12-21-19(24)13-23-18-7-5-4-6-17(18)22-20(23)16-10-8-15(3)9-11-16/h4-11,14H,12-13H2,1-3H3,(H,21,24). The van der Waals surface area contributed by atoms with Crippen LogP contribution in [-0.4, -0.2) is 22.0 Å². The van der Waals surface area contributed by atoms with E-state index in [-0.39, 0.29) is 12.5 Å². The lowest BCUT2D eigenvalue weighted by molar-refractivity contribution is -0.121. The van der Waals surface area contributed by atoms with Gasteiger partial charge in [-0.25, -0.2) is 4.98 Å². The van der Waals surface area contributed by atoms with E-state index < -0.39 is 0 Å². The van der Waals surface area contributed by atoms with E-state index in [0.29, 0.717) is 12.5 Å². The average Bonchev–Trinajstić information content (AvgIpc) is 2.92. The van der Waals surface area contributed by atoms with E-state index in [9.17, 15) is 4.79 Å². The number of para-hydroxylation sites is 2. The van der Waals surface area contributed by atoms with Crippen LogP contribution in [0.25, 0.3) is 22.4 Å². The molecule has 0 atom stereocenters. The van der Waals surface area contributed by atoms with Crippen LogP contribution in [0, 0.1) is 12.8 Å². The Morgan fingerprint density at radius 1 is 1.12 bits per heavy atom. The van der Waals surface area contributed by atoms with Crippen molar-refractivity contribution >= 4 is 16.9 Å². The van der Waals surface area contributed by atoms with Gasteiger partial charge in [-0.1, -0.05) is 55.8 Å². The van der Waals surface area contributed by atoms with Crippen molar-refractivity contribution in [2.24, 2.45) is 5.92 Å². The number of benzene rings is 2. The second kappa shape index (κ2) is 6.87. The van der Waals surface area contributed by atoms with Crippen LogP contribution in [0.1, 0.15) is 19.4 Å². The molecule has 0 bridgehead atoms. The Labute approximate surface area is 142 Å². The largest absolute Gasteiger partial charge is 0.354 e. The zero-order chi connectivity index (χ0) is 17.1. The highest BCUT2D eigenvalue weighted by Gasteiger charge is 2.15. The Morgan fingerprint density at radius 2 is 1.83 bits per heavy atom. The Morgan fingerprint density at radius 3 is 2.54 bits per heavy atom. The molecule has 2 aromatic carbocycles. The van der Waals surface area contributed by atoms with Gasteiger partial charge < -0.3 is 9.88 Å². The van der Waals surface area contributed by atoms with Crippen molar-refractivity contribution in [3.05, 3.63) is 54.1 Å². The third-order valence-electron chi connectivity index (χ3n) is 3.97. The quantitative estimate of drug-likeness (QED) is 0.777. The summed E-state index contributed by atoms with van der Waals surface area (Å²) in [6.45, 7) is 7.20. The molecule has 0 aliphatic rings. The molecule has 1 aromatic heterocycles. The Bertz CT molecular complexity index is 847. The number of nitrogens with zero attached hydrogens (tertiary/aromatic N) is 2. The summed E-state index contributed by atoms with van der Waals surface area (Å²) >= 11 is 0. The van der Waals surface area contributed by atoms with Crippen LogP contribution in [0.15, 0.2) is 48.5 Å². The molecule has 3 aromatic rings. The minimum atomic E-state index is 0.0141. The third kappa shape index (κ3) is 3.48. The number of imidazole rings is 1. The van der Waals surface area contributed by atoms with Crippen molar-refractivity contribution in [1.82, 2.24) is 14.9 Å². The normalized spacial score (nSPS) is 11.2. The van der Waals surface area contributed by atoms with Gasteiger partial charge in [-0.2, -0.15) is 0 Å². The predicted octanol–water partition coefficient (Wildman–Crippen LogP) is 3.78. The van der Waals surface area contributed by atoms with Crippen molar-refractivity contribution in [3.63, 3.8) is 0 Å². The van der Waals surface area contributed by atoms with Gasteiger partial charge in [0, 0.05) is 12.1 Å². The van der Waals surface area contributed by atoms with Gasteiger partial charge >= 0.3 is 0 Å². The number of carbonyl (C=O) groups is 1. The number of aryl methyl sites for hydroxylation is 1. The van der Waals surface area contributed by atoms with E-state index in [1.165, 1.54) is 5.56 Å². The van der Waals surface area contributed by atoms with Crippen LogP contribution in [0.3, 0.4) is 0 Å². The lowest BCUT2D eigenvalue weighted by Crippen LogP contribution is -2.30. The van der Waals surface area contributed by atoms with Crippen molar-refractivity contribution in [3.8, 4) is 11.4 Å². The molecule has 4 heteroatoms. The van der Waals surface area contributed by atoms with Gasteiger partial charge in [0.1, 0.15) is 12.4 Å². The summed E-state index contributed by atoms with van der Waals surface area (Å²) in [4.78, 5) is 17.1. The van der Waals surface area contributed by atoms with E-state index >= 15 is 0 Å². The van der Waals surface area contributed by atoms with Crippen molar-refractivity contribution in [2.45, 2.75) is 27.3 Å². The van der Waals surface area contributed by atoms with Crippen molar-refractivity contribution in [2.75, 3.05) is 6.54 Å². The first kappa shape index (κ1) is 16.2. The maximum Gasteiger partial charge on any atom is 0.240 e. The smallest absolute Gasteiger partial charge is 0.240 e. The van der Waals surface area contributed by atoms with Gasteiger partial charge in [-0.05, 0) is 25.0 Å². The maximum atomic E-state index is 12.3. The topological polar surface area (TPSA) is 46.9 Å². The number of fused-ring (bicyclic) bond motifs is 1. The van der Waals surface area contributed by atoms with E-state index in [1.54, 1.807) is 0 Å². The number of nitrogens with one attached hydrogen (secondary N) is 1. The van der Waals surface area contributed by atoms with Crippen molar-refractivity contribution in [1.29, 1.82) is 0 Å². The first-order chi connectivity index (χ1) is 11.5. The van der Waals surface area contributed by atoms with Crippen LogP contribution in [0.4, 0.5) is 0 Å². The molecule has 1 amide bonds. The zero-order valence-corrected chi connectivity index (χ0v) is 14.4. The second-order valence-electron chi connectivity index (χ2n) is 6.57. The summed E-state index contributed by atoms with van der Waals surface area (Å²) < 4.78 is 2.00. The second-order valence-corrected chi connectivity index (χ2v) is 6.57. The molecular weight excluding hydrogens is 298 g/mol. The highest BCUT2D eigenvalue weighted by atomic mass is 16.1. The van der Waals surface area contributed by atoms with Gasteiger partial charge in [0.05, 0.1) is 11.0 Å². The SMILES string of the molecule is Cc1ccc(-c2nc3ccccc3n2CC(=O)NCC(C)C)cc1. The highest BCUT2D eigenvalue weighted by Crippen LogP contribution is 2.25. The van der Waals surface area contributed by atoms with Crippen molar-refractivity contribution < 1.29 is 4.79 Å². The predicted molar refractivity (Wildman–Crippen MR) is 97.8 cm³/mol. The van der Waals surface area contributed by atoms with Crippen LogP contribution < -0.4 is 5.32 Å². The van der Waals surface area contributed by atoms with Gasteiger partial charge in [0.2, 0.25) is 5.91 Å². The molecule has 0 saturated carbocycles. The zero-order valence-electron chi connectivity index (χ0n) is 14.4. The minimum absolute atomic E-state index is 0.0141. The molecule has 24 heavy (non-hydrogen) atoms. The fourth-order valence-corrected chi connectivity index (χ4v) is 2.68. The molecule has 124 valence electrons. The summed E-state index contributed by atoms with van der Waals surface area (Å²) in [5.74, 6) is 1.28. The molecule has 0 aliphatic heterocycles. The fraction of sp³-hybridized carbons (Fsp3) is 0.300. The lowest BCUT2D eigenvalue weighted by atomic mass is 10.1. The molecule has 4 nitrogen and oxygen atoms in total. The van der Waals surface area contributed by atoms with Gasteiger partial charge in [0.25, 0.3) is 0 Å². The van der Waals surface area contributed by atoms with E-state index in [4.69, 9.17) is 4.98 Å². The number of carbonyl (C=O) groups excluding carboxylic acids is 1. The Kier molecular flexibility index (Phi) is 4.65. The Balaban J connectivity index is 1.99. The summed E-state index contributed by atoms with van der Waals surface area (Å²) in [6, 6.07) is 16.2.